The largest absolute Gasteiger partial charge is 0.283 e. The van der Waals surface area contributed by atoms with Crippen LogP contribution in [-0.2, 0) is 0 Å². The van der Waals surface area contributed by atoms with E-state index in [1.165, 1.54) is 6.07 Å². The molecule has 0 N–H and O–H groups in total. The zero-order valence-electron chi connectivity index (χ0n) is 8.88. The summed E-state index contributed by atoms with van der Waals surface area (Å²) >= 11 is 6.98. The van der Waals surface area contributed by atoms with Crippen LogP contribution in [0.1, 0.15) is 13.8 Å². The molecule has 0 radical (unpaired) electrons. The third kappa shape index (κ3) is 3.83. The van der Waals surface area contributed by atoms with Crippen LogP contribution in [0, 0.1) is 10.1 Å². The molecule has 0 unspecified atom stereocenters. The fraction of sp³-hybridized carbons (Fsp3) is 0.300. The zero-order valence-corrected chi connectivity index (χ0v) is 10.5. The summed E-state index contributed by atoms with van der Waals surface area (Å²) in [6.45, 7) is 3.78. The van der Waals surface area contributed by atoms with Gasteiger partial charge in [-0.3, -0.25) is 15.1 Å². The summed E-state index contributed by atoms with van der Waals surface area (Å²) < 4.78 is 0.310. The van der Waals surface area contributed by atoms with Gasteiger partial charge in [0.2, 0.25) is 0 Å². The fourth-order valence-electron chi connectivity index (χ4n) is 1.01. The SMILES string of the molecule is CC(C)N=C(Cl)Sc1ccccc1[N+](=O)[O-]. The Labute approximate surface area is 103 Å². The highest BCUT2D eigenvalue weighted by Crippen LogP contribution is 2.30. The number of benzene rings is 1. The topological polar surface area (TPSA) is 55.5 Å². The number of hydrogen-bond acceptors (Lipinski definition) is 4. The molecule has 0 bridgehead atoms. The van der Waals surface area contributed by atoms with Crippen molar-refractivity contribution in [3.63, 3.8) is 0 Å². The second-order valence-electron chi connectivity index (χ2n) is 3.30. The summed E-state index contributed by atoms with van der Waals surface area (Å²) in [7, 11) is 0. The molecule has 1 rings (SSSR count). The van der Waals surface area contributed by atoms with Crippen molar-refractivity contribution < 1.29 is 4.92 Å². The Morgan fingerprint density at radius 1 is 1.50 bits per heavy atom. The second kappa shape index (κ2) is 5.86. The molecule has 1 aromatic carbocycles. The van der Waals surface area contributed by atoms with Gasteiger partial charge in [-0.1, -0.05) is 35.5 Å². The molecule has 0 aromatic heterocycles. The van der Waals surface area contributed by atoms with Crippen LogP contribution in [0.15, 0.2) is 34.2 Å². The van der Waals surface area contributed by atoms with E-state index in [1.54, 1.807) is 18.2 Å². The average molecular weight is 259 g/mol. The van der Waals surface area contributed by atoms with Crippen molar-refractivity contribution >= 4 is 33.6 Å². The number of nitro benzene ring substituents is 1. The maximum absolute atomic E-state index is 10.7. The molecule has 6 heteroatoms. The lowest BCUT2D eigenvalue weighted by Gasteiger charge is -2.02. The molecule has 0 heterocycles. The first-order chi connectivity index (χ1) is 7.50. The monoisotopic (exact) mass is 258 g/mol. The van der Waals surface area contributed by atoms with E-state index in [0.717, 1.165) is 11.8 Å². The molecule has 0 saturated heterocycles. The van der Waals surface area contributed by atoms with Gasteiger partial charge in [0.05, 0.1) is 9.82 Å². The Balaban J connectivity index is 2.93. The molecule has 86 valence electrons. The first-order valence-corrected chi connectivity index (χ1v) is 5.84. The first-order valence-electron chi connectivity index (χ1n) is 4.65. The maximum atomic E-state index is 10.7. The Hall–Kier alpha value is -1.07. The Kier molecular flexibility index (Phi) is 4.76. The lowest BCUT2D eigenvalue weighted by atomic mass is 10.3. The van der Waals surface area contributed by atoms with E-state index < -0.39 is 4.92 Å². The van der Waals surface area contributed by atoms with E-state index in [1.807, 2.05) is 13.8 Å². The van der Waals surface area contributed by atoms with Crippen LogP contribution < -0.4 is 0 Å². The lowest BCUT2D eigenvalue weighted by Crippen LogP contribution is -1.94. The standard InChI is InChI=1S/C10H11ClN2O2S/c1-7(2)12-10(11)16-9-6-4-3-5-8(9)13(14)15/h3-7H,1-2H3. The number of thioether (sulfide) groups is 1. The third-order valence-corrected chi connectivity index (χ3v) is 2.78. The normalized spacial score (nSPS) is 11.9. The molecule has 0 saturated carbocycles. The number of nitrogens with zero attached hydrogens (tertiary/aromatic N) is 2. The number of hydrogen-bond donors (Lipinski definition) is 0. The van der Waals surface area contributed by atoms with Crippen LogP contribution in [0.2, 0.25) is 0 Å². The lowest BCUT2D eigenvalue weighted by molar-refractivity contribution is -0.387. The maximum Gasteiger partial charge on any atom is 0.283 e. The van der Waals surface area contributed by atoms with Crippen molar-refractivity contribution in [2.45, 2.75) is 24.8 Å². The first kappa shape index (κ1) is 13.0. The average Bonchev–Trinajstić information content (AvgIpc) is 2.16. The summed E-state index contributed by atoms with van der Waals surface area (Å²) in [5.74, 6) is 0. The van der Waals surface area contributed by atoms with Crippen LogP contribution in [0.5, 0.6) is 0 Å². The van der Waals surface area contributed by atoms with Gasteiger partial charge in [0.1, 0.15) is 0 Å². The van der Waals surface area contributed by atoms with E-state index in [-0.39, 0.29) is 11.7 Å². The van der Waals surface area contributed by atoms with Crippen molar-refractivity contribution in [1.29, 1.82) is 0 Å². The van der Waals surface area contributed by atoms with Gasteiger partial charge in [0.25, 0.3) is 5.69 Å². The number of nitro groups is 1. The van der Waals surface area contributed by atoms with Crippen molar-refractivity contribution in [1.82, 2.24) is 0 Å². The van der Waals surface area contributed by atoms with Gasteiger partial charge in [-0.25, -0.2) is 0 Å². The molecule has 0 aliphatic rings. The summed E-state index contributed by atoms with van der Waals surface area (Å²) in [6, 6.07) is 6.52. The predicted octanol–water partition coefficient (Wildman–Crippen LogP) is 3.69. The Morgan fingerprint density at radius 3 is 2.69 bits per heavy atom. The van der Waals surface area contributed by atoms with Gasteiger partial charge in [-0.15, -0.1) is 0 Å². The van der Waals surface area contributed by atoms with Gasteiger partial charge in [0.15, 0.2) is 4.50 Å². The van der Waals surface area contributed by atoms with Gasteiger partial charge in [0, 0.05) is 12.1 Å². The van der Waals surface area contributed by atoms with E-state index >= 15 is 0 Å². The third-order valence-electron chi connectivity index (χ3n) is 1.62. The van der Waals surface area contributed by atoms with Crippen molar-refractivity contribution in [3.8, 4) is 0 Å². The molecule has 0 atom stereocenters. The van der Waals surface area contributed by atoms with Crippen LogP contribution >= 0.6 is 23.4 Å². The van der Waals surface area contributed by atoms with Crippen LogP contribution in [-0.4, -0.2) is 15.5 Å². The summed E-state index contributed by atoms with van der Waals surface area (Å²) in [4.78, 5) is 14.9. The van der Waals surface area contributed by atoms with E-state index in [2.05, 4.69) is 4.99 Å². The minimum absolute atomic E-state index is 0.0459. The fourth-order valence-corrected chi connectivity index (χ4v) is 2.30. The molecular weight excluding hydrogens is 248 g/mol. The highest BCUT2D eigenvalue weighted by Gasteiger charge is 2.14. The van der Waals surface area contributed by atoms with Crippen LogP contribution in [0.3, 0.4) is 0 Å². The molecule has 0 fully saturated rings. The molecule has 0 aliphatic heterocycles. The number of para-hydroxylation sites is 1. The van der Waals surface area contributed by atoms with Gasteiger partial charge < -0.3 is 0 Å². The molecular formula is C10H11ClN2O2S. The molecule has 0 spiro atoms. The quantitative estimate of drug-likeness (QED) is 0.273. The van der Waals surface area contributed by atoms with Crippen molar-refractivity contribution in [3.05, 3.63) is 34.4 Å². The second-order valence-corrected chi connectivity index (χ2v) is 4.92. The van der Waals surface area contributed by atoms with E-state index in [0.29, 0.717) is 9.40 Å². The van der Waals surface area contributed by atoms with Crippen molar-refractivity contribution in [2.24, 2.45) is 4.99 Å². The highest BCUT2D eigenvalue weighted by atomic mass is 35.5. The molecule has 0 aliphatic carbocycles. The predicted molar refractivity (Wildman–Crippen MR) is 67.4 cm³/mol. The highest BCUT2D eigenvalue weighted by molar-refractivity contribution is 8.16. The number of rotatable bonds is 3. The molecule has 1 aromatic rings. The smallest absolute Gasteiger partial charge is 0.264 e. The van der Waals surface area contributed by atoms with Gasteiger partial charge in [-0.05, 0) is 19.9 Å². The molecule has 16 heavy (non-hydrogen) atoms. The van der Waals surface area contributed by atoms with Crippen LogP contribution in [0.4, 0.5) is 5.69 Å². The van der Waals surface area contributed by atoms with Gasteiger partial charge in [-0.2, -0.15) is 0 Å². The van der Waals surface area contributed by atoms with Crippen molar-refractivity contribution in [2.75, 3.05) is 0 Å². The molecule has 0 amide bonds. The molecule has 4 nitrogen and oxygen atoms in total. The summed E-state index contributed by atoms with van der Waals surface area (Å²) in [5, 5.41) is 10.7. The van der Waals surface area contributed by atoms with Crippen LogP contribution in [0.25, 0.3) is 0 Å². The van der Waals surface area contributed by atoms with E-state index in [9.17, 15) is 10.1 Å². The minimum atomic E-state index is -0.429. The number of halogens is 1. The Bertz CT molecular complexity index is 421. The number of aliphatic imine (C=N–C) groups is 1. The van der Waals surface area contributed by atoms with E-state index in [4.69, 9.17) is 11.6 Å². The van der Waals surface area contributed by atoms with Gasteiger partial charge >= 0.3 is 0 Å². The Morgan fingerprint density at radius 2 is 2.12 bits per heavy atom. The summed E-state index contributed by atoms with van der Waals surface area (Å²) in [6.07, 6.45) is 0. The minimum Gasteiger partial charge on any atom is -0.264 e. The summed E-state index contributed by atoms with van der Waals surface area (Å²) in [5.41, 5.74) is 0.0459. The zero-order chi connectivity index (χ0) is 12.1.